The molecule has 1 unspecified atom stereocenters. The van der Waals surface area contributed by atoms with Gasteiger partial charge in [-0.3, -0.25) is 9.69 Å². The summed E-state index contributed by atoms with van der Waals surface area (Å²) in [6.45, 7) is 2.34. The summed E-state index contributed by atoms with van der Waals surface area (Å²) in [5, 5.41) is 5.57. The Balaban J connectivity index is 1.35. The van der Waals surface area contributed by atoms with Gasteiger partial charge in [0.15, 0.2) is 0 Å². The number of esters is 1. The van der Waals surface area contributed by atoms with Crippen LogP contribution in [0.2, 0.25) is 0 Å². The average molecular weight is 462 g/mol. The molecule has 5 rings (SSSR count). The van der Waals surface area contributed by atoms with Crippen LogP contribution in [0.15, 0.2) is 48.5 Å². The number of carbonyl (C=O) groups is 1. The van der Waals surface area contributed by atoms with E-state index in [1.165, 1.54) is 16.8 Å². The molecule has 0 aliphatic carbocycles. The van der Waals surface area contributed by atoms with Gasteiger partial charge in [-0.05, 0) is 50.1 Å². The number of methoxy groups -OCH3 is 1. The minimum atomic E-state index is -0.194. The first-order valence-electron chi connectivity index (χ1n) is 11.4. The number of benzene rings is 2. The van der Waals surface area contributed by atoms with Crippen molar-refractivity contribution in [1.29, 1.82) is 0 Å². The molecule has 1 fully saturated rings. The molecule has 8 heteroatoms. The van der Waals surface area contributed by atoms with Crippen molar-refractivity contribution in [2.24, 2.45) is 0 Å². The number of para-hydroxylation sites is 2. The maximum atomic E-state index is 11.4. The number of ether oxygens (including phenoxy) is 1. The molecule has 1 aliphatic rings. The third-order valence-electron chi connectivity index (χ3n) is 6.03. The van der Waals surface area contributed by atoms with Crippen molar-refractivity contribution in [3.8, 4) is 0 Å². The second-order valence-corrected chi connectivity index (χ2v) is 9.32. The van der Waals surface area contributed by atoms with Crippen LogP contribution in [0.5, 0.6) is 0 Å². The van der Waals surface area contributed by atoms with E-state index in [2.05, 4.69) is 28.4 Å². The molecule has 1 N–H and O–H groups in total. The van der Waals surface area contributed by atoms with E-state index < -0.39 is 0 Å². The van der Waals surface area contributed by atoms with Crippen LogP contribution in [0.4, 0.5) is 5.82 Å². The molecule has 2 aromatic heterocycles. The number of thiazole rings is 1. The SMILES string of the molecule is COC(=O)CCCNc1nc(CN2CCCC2c2nc3ccccc3s2)nc2ccccc12. The number of anilines is 1. The maximum absolute atomic E-state index is 11.4. The minimum Gasteiger partial charge on any atom is -0.469 e. The Labute approximate surface area is 196 Å². The first-order valence-corrected chi connectivity index (χ1v) is 12.2. The van der Waals surface area contributed by atoms with E-state index in [4.69, 9.17) is 19.7 Å². The van der Waals surface area contributed by atoms with Crippen molar-refractivity contribution < 1.29 is 9.53 Å². The molecule has 1 atom stereocenters. The number of carbonyl (C=O) groups excluding carboxylic acids is 1. The summed E-state index contributed by atoms with van der Waals surface area (Å²) in [4.78, 5) is 28.5. The van der Waals surface area contributed by atoms with Crippen molar-refractivity contribution >= 4 is 44.2 Å². The number of fused-ring (bicyclic) bond motifs is 2. The van der Waals surface area contributed by atoms with Crippen LogP contribution in [0.3, 0.4) is 0 Å². The number of rotatable bonds is 8. The lowest BCUT2D eigenvalue weighted by atomic mass is 10.2. The second-order valence-electron chi connectivity index (χ2n) is 8.26. The molecule has 2 aromatic carbocycles. The van der Waals surface area contributed by atoms with E-state index in [1.54, 1.807) is 11.3 Å². The summed E-state index contributed by atoms with van der Waals surface area (Å²) in [7, 11) is 1.42. The van der Waals surface area contributed by atoms with Crippen LogP contribution in [0, 0.1) is 0 Å². The first-order chi connectivity index (χ1) is 16.2. The van der Waals surface area contributed by atoms with Gasteiger partial charge >= 0.3 is 5.97 Å². The smallest absolute Gasteiger partial charge is 0.305 e. The molecule has 33 heavy (non-hydrogen) atoms. The normalized spacial score (nSPS) is 16.5. The molecular formula is C25H27N5O2S. The number of nitrogens with zero attached hydrogens (tertiary/aromatic N) is 4. The van der Waals surface area contributed by atoms with Gasteiger partial charge in [-0.15, -0.1) is 11.3 Å². The van der Waals surface area contributed by atoms with Gasteiger partial charge in [-0.2, -0.15) is 0 Å². The van der Waals surface area contributed by atoms with E-state index in [9.17, 15) is 4.79 Å². The molecular weight excluding hydrogens is 434 g/mol. The lowest BCUT2D eigenvalue weighted by Crippen LogP contribution is -2.24. The Kier molecular flexibility index (Phi) is 6.46. The number of nitrogens with one attached hydrogen (secondary N) is 1. The summed E-state index contributed by atoms with van der Waals surface area (Å²) >= 11 is 1.79. The number of likely N-dealkylation sites (tertiary alicyclic amines) is 1. The Morgan fingerprint density at radius 3 is 2.79 bits per heavy atom. The molecule has 1 aliphatic heterocycles. The summed E-state index contributed by atoms with van der Waals surface area (Å²) in [5.41, 5.74) is 2.00. The molecule has 3 heterocycles. The minimum absolute atomic E-state index is 0.194. The van der Waals surface area contributed by atoms with Gasteiger partial charge in [0.2, 0.25) is 0 Å². The number of aromatic nitrogens is 3. The predicted molar refractivity (Wildman–Crippen MR) is 131 cm³/mol. The largest absolute Gasteiger partial charge is 0.469 e. The van der Waals surface area contributed by atoms with Crippen molar-refractivity contribution in [2.45, 2.75) is 38.3 Å². The van der Waals surface area contributed by atoms with Crippen LogP contribution in [0.1, 0.15) is 42.6 Å². The van der Waals surface area contributed by atoms with E-state index in [1.807, 2.05) is 30.3 Å². The molecule has 0 bridgehead atoms. The standard InChI is InChI=1S/C25H27N5O2S/c1-32-23(31)13-6-14-26-24-17-8-2-3-9-18(17)27-22(29-24)16-30-15-7-11-20(30)25-28-19-10-4-5-12-21(19)33-25/h2-5,8-10,12,20H,6-7,11,13-16H2,1H3,(H,26,27,29). The van der Waals surface area contributed by atoms with Crippen molar-refractivity contribution in [2.75, 3.05) is 25.5 Å². The fourth-order valence-electron chi connectivity index (χ4n) is 4.38. The van der Waals surface area contributed by atoms with E-state index in [0.29, 0.717) is 32.0 Å². The van der Waals surface area contributed by atoms with Gasteiger partial charge in [0.05, 0.1) is 35.4 Å². The number of hydrogen-bond acceptors (Lipinski definition) is 8. The highest BCUT2D eigenvalue weighted by atomic mass is 32.1. The zero-order chi connectivity index (χ0) is 22.6. The summed E-state index contributed by atoms with van der Waals surface area (Å²) in [6.07, 6.45) is 3.32. The summed E-state index contributed by atoms with van der Waals surface area (Å²) in [5.74, 6) is 1.42. The molecule has 1 saturated heterocycles. The van der Waals surface area contributed by atoms with Crippen LogP contribution < -0.4 is 5.32 Å². The van der Waals surface area contributed by atoms with E-state index >= 15 is 0 Å². The molecule has 0 radical (unpaired) electrons. The number of hydrogen-bond donors (Lipinski definition) is 1. The third kappa shape index (κ3) is 4.82. The summed E-state index contributed by atoms with van der Waals surface area (Å²) in [6, 6.07) is 16.7. The molecule has 0 saturated carbocycles. The highest BCUT2D eigenvalue weighted by Crippen LogP contribution is 2.37. The average Bonchev–Trinajstić information content (AvgIpc) is 3.48. The van der Waals surface area contributed by atoms with Crippen molar-refractivity contribution in [1.82, 2.24) is 19.9 Å². The molecule has 0 spiro atoms. The van der Waals surface area contributed by atoms with Gasteiger partial charge < -0.3 is 10.1 Å². The molecule has 4 aromatic rings. The molecule has 7 nitrogen and oxygen atoms in total. The van der Waals surface area contributed by atoms with Crippen LogP contribution >= 0.6 is 11.3 Å². The lowest BCUT2D eigenvalue weighted by molar-refractivity contribution is -0.140. The quantitative estimate of drug-likeness (QED) is 0.294. The lowest BCUT2D eigenvalue weighted by Gasteiger charge is -2.22. The maximum Gasteiger partial charge on any atom is 0.305 e. The van der Waals surface area contributed by atoms with Gasteiger partial charge in [0.25, 0.3) is 0 Å². The van der Waals surface area contributed by atoms with Gasteiger partial charge in [-0.25, -0.2) is 15.0 Å². The van der Waals surface area contributed by atoms with Gasteiger partial charge in [0.1, 0.15) is 16.6 Å². The first kappa shape index (κ1) is 21.7. The fraction of sp³-hybridized carbons (Fsp3) is 0.360. The Morgan fingerprint density at radius 2 is 1.94 bits per heavy atom. The van der Waals surface area contributed by atoms with E-state index in [-0.39, 0.29) is 5.97 Å². The Hall–Kier alpha value is -3.10. The predicted octanol–water partition coefficient (Wildman–Crippen LogP) is 4.94. The second kappa shape index (κ2) is 9.80. The Bertz CT molecular complexity index is 1240. The summed E-state index contributed by atoms with van der Waals surface area (Å²) < 4.78 is 5.97. The zero-order valence-electron chi connectivity index (χ0n) is 18.7. The van der Waals surface area contributed by atoms with Crippen molar-refractivity contribution in [3.05, 3.63) is 59.4 Å². The highest BCUT2D eigenvalue weighted by Gasteiger charge is 2.29. The highest BCUT2D eigenvalue weighted by molar-refractivity contribution is 7.18. The van der Waals surface area contributed by atoms with E-state index in [0.717, 1.165) is 47.4 Å². The van der Waals surface area contributed by atoms with Crippen LogP contribution in [-0.2, 0) is 16.1 Å². The van der Waals surface area contributed by atoms with Gasteiger partial charge in [-0.1, -0.05) is 24.3 Å². The Morgan fingerprint density at radius 1 is 1.12 bits per heavy atom. The monoisotopic (exact) mass is 461 g/mol. The molecule has 170 valence electrons. The fourth-order valence-corrected chi connectivity index (χ4v) is 5.52. The third-order valence-corrected chi connectivity index (χ3v) is 7.17. The topological polar surface area (TPSA) is 80.2 Å². The zero-order valence-corrected chi connectivity index (χ0v) is 19.5. The van der Waals surface area contributed by atoms with Crippen molar-refractivity contribution in [3.63, 3.8) is 0 Å². The van der Waals surface area contributed by atoms with Crippen LogP contribution in [-0.4, -0.2) is 46.0 Å². The van der Waals surface area contributed by atoms with Crippen LogP contribution in [0.25, 0.3) is 21.1 Å². The molecule has 0 amide bonds. The van der Waals surface area contributed by atoms with Gasteiger partial charge in [0, 0.05) is 18.4 Å².